The number of rotatable bonds is 5. The van der Waals surface area contributed by atoms with Crippen LogP contribution in [-0.2, 0) is 23.7 Å². The molecule has 2 aromatic carbocycles. The highest BCUT2D eigenvalue weighted by atomic mass is 16.6. The number of fused-ring (bicyclic) bond motifs is 2. The molecule has 0 bridgehead atoms. The Bertz CT molecular complexity index is 1310. The second-order valence-corrected chi connectivity index (χ2v) is 13.4. The Labute approximate surface area is 241 Å². The van der Waals surface area contributed by atoms with Crippen molar-refractivity contribution in [2.24, 2.45) is 28.1 Å². The molecule has 7 nitrogen and oxygen atoms in total. The minimum atomic E-state index is -0.643. The average Bonchev–Trinajstić information content (AvgIpc) is 3.55. The van der Waals surface area contributed by atoms with Crippen molar-refractivity contribution in [1.82, 2.24) is 0 Å². The summed E-state index contributed by atoms with van der Waals surface area (Å²) in [4.78, 5) is 38.6. The van der Waals surface area contributed by atoms with E-state index in [9.17, 15) is 14.4 Å². The van der Waals surface area contributed by atoms with Crippen molar-refractivity contribution in [3.63, 3.8) is 0 Å². The van der Waals surface area contributed by atoms with Crippen molar-refractivity contribution in [2.45, 2.75) is 71.0 Å². The van der Waals surface area contributed by atoms with Crippen LogP contribution in [-0.4, -0.2) is 49.4 Å². The smallest absolute Gasteiger partial charge is 0.338 e. The van der Waals surface area contributed by atoms with Crippen molar-refractivity contribution in [2.75, 3.05) is 19.8 Å². The Balaban J connectivity index is 1.33. The summed E-state index contributed by atoms with van der Waals surface area (Å²) in [7, 11) is 0. The molecule has 0 amide bonds. The first-order valence-corrected chi connectivity index (χ1v) is 14.9. The van der Waals surface area contributed by atoms with Crippen LogP contribution in [0.15, 0.2) is 60.7 Å². The van der Waals surface area contributed by atoms with Crippen LogP contribution in [0.2, 0.25) is 0 Å². The van der Waals surface area contributed by atoms with Gasteiger partial charge in [0.05, 0.1) is 36.4 Å². The van der Waals surface area contributed by atoms with E-state index >= 15 is 0 Å². The minimum absolute atomic E-state index is 0.0604. The van der Waals surface area contributed by atoms with Crippen molar-refractivity contribution >= 4 is 17.9 Å². The molecule has 6 rings (SSSR count). The summed E-state index contributed by atoms with van der Waals surface area (Å²) in [6.45, 7) is 7.75. The summed E-state index contributed by atoms with van der Waals surface area (Å²) in [5.41, 5.74) is -0.649. The Morgan fingerprint density at radius 3 is 2.20 bits per heavy atom. The van der Waals surface area contributed by atoms with Crippen molar-refractivity contribution in [3.05, 3.63) is 71.8 Å². The maximum atomic E-state index is 13.3. The number of benzene rings is 2. The Morgan fingerprint density at radius 1 is 0.902 bits per heavy atom. The molecule has 2 aliphatic heterocycles. The van der Waals surface area contributed by atoms with Gasteiger partial charge in [0, 0.05) is 16.2 Å². The summed E-state index contributed by atoms with van der Waals surface area (Å²) >= 11 is 0. The molecule has 2 heterocycles. The zero-order valence-electron chi connectivity index (χ0n) is 24.2. The van der Waals surface area contributed by atoms with Crippen molar-refractivity contribution < 1.29 is 33.3 Å². The standard InChI is InChI=1S/C34H40O7/c1-23-14-15-26-31(2,20-39-29(36)24-10-6-4-7-11-24)27(41-30(37)25-12-8-5-9-13-25)16-17-32(26,3)34(23)19-33(22-40-34)18-28(35)38-21-33/h4-13,23,26-27H,14-22H2,1-3H3/t23-,26+,27-,31-,32-,33-,34-/m0/s1. The lowest BCUT2D eigenvalue weighted by Gasteiger charge is -2.65. The number of cyclic esters (lactones) is 1. The first-order chi connectivity index (χ1) is 19.6. The third-order valence-corrected chi connectivity index (χ3v) is 11.0. The van der Waals surface area contributed by atoms with Crippen LogP contribution in [0.25, 0.3) is 0 Å². The van der Waals surface area contributed by atoms with Gasteiger partial charge in [-0.15, -0.1) is 0 Å². The fourth-order valence-corrected chi connectivity index (χ4v) is 8.76. The molecule has 7 atom stereocenters. The quantitative estimate of drug-likeness (QED) is 0.327. The fraction of sp³-hybridized carbons (Fsp3) is 0.559. The van der Waals surface area contributed by atoms with E-state index in [4.69, 9.17) is 18.9 Å². The van der Waals surface area contributed by atoms with Crippen molar-refractivity contribution in [3.8, 4) is 0 Å². The van der Waals surface area contributed by atoms with E-state index < -0.39 is 17.1 Å². The van der Waals surface area contributed by atoms with E-state index in [0.717, 1.165) is 25.7 Å². The molecule has 2 saturated heterocycles. The molecule has 0 aromatic heterocycles. The molecule has 2 spiro atoms. The lowest BCUT2D eigenvalue weighted by Crippen LogP contribution is -2.66. The van der Waals surface area contributed by atoms with Gasteiger partial charge in [-0.25, -0.2) is 9.59 Å². The van der Waals surface area contributed by atoms with Gasteiger partial charge in [-0.3, -0.25) is 4.79 Å². The topological polar surface area (TPSA) is 88.1 Å². The van der Waals surface area contributed by atoms with Gasteiger partial charge in [0.15, 0.2) is 0 Å². The second kappa shape index (κ2) is 10.3. The summed E-state index contributed by atoms with van der Waals surface area (Å²) in [5, 5.41) is 0. The molecule has 0 N–H and O–H groups in total. The van der Waals surface area contributed by atoms with Crippen LogP contribution in [0.4, 0.5) is 0 Å². The van der Waals surface area contributed by atoms with E-state index in [1.165, 1.54) is 0 Å². The van der Waals surface area contributed by atoms with Crippen LogP contribution >= 0.6 is 0 Å². The predicted octanol–water partition coefficient (Wildman–Crippen LogP) is 6.01. The Hall–Kier alpha value is -3.19. The van der Waals surface area contributed by atoms with Crippen LogP contribution in [0.3, 0.4) is 0 Å². The minimum Gasteiger partial charge on any atom is -0.465 e. The SMILES string of the molecule is C[C@H]1CC[C@@H]2[C@](C)(COC(=O)c3ccccc3)[C@@H](OC(=O)c3ccccc3)CC[C@]2(C)[C@]12C[C@@]1(COC(=O)C1)CO2. The molecule has 7 heteroatoms. The molecule has 41 heavy (non-hydrogen) atoms. The lowest BCUT2D eigenvalue weighted by molar-refractivity contribution is -0.242. The van der Waals surface area contributed by atoms with Crippen LogP contribution in [0.1, 0.15) is 80.0 Å². The van der Waals surface area contributed by atoms with E-state index in [1.807, 2.05) is 36.4 Å². The van der Waals surface area contributed by atoms with Gasteiger partial charge < -0.3 is 18.9 Å². The Kier molecular flexibility index (Phi) is 7.00. The van der Waals surface area contributed by atoms with Gasteiger partial charge in [0.25, 0.3) is 0 Å². The van der Waals surface area contributed by atoms with Crippen molar-refractivity contribution in [1.29, 1.82) is 0 Å². The monoisotopic (exact) mass is 560 g/mol. The maximum absolute atomic E-state index is 13.3. The number of ether oxygens (including phenoxy) is 4. The highest BCUT2D eigenvalue weighted by molar-refractivity contribution is 5.90. The number of esters is 3. The molecular weight excluding hydrogens is 520 g/mol. The van der Waals surface area contributed by atoms with Gasteiger partial charge >= 0.3 is 17.9 Å². The molecule has 0 radical (unpaired) electrons. The first kappa shape index (κ1) is 28.0. The van der Waals surface area contributed by atoms with E-state index in [0.29, 0.717) is 43.1 Å². The van der Waals surface area contributed by atoms with Crippen LogP contribution in [0.5, 0.6) is 0 Å². The van der Waals surface area contributed by atoms with Crippen LogP contribution < -0.4 is 0 Å². The molecule has 0 unspecified atom stereocenters. The van der Waals surface area contributed by atoms with Gasteiger partial charge in [-0.1, -0.05) is 57.2 Å². The summed E-state index contributed by atoms with van der Waals surface area (Å²) in [5.74, 6) is -0.547. The molecule has 4 fully saturated rings. The molecule has 218 valence electrons. The molecule has 2 aromatic rings. The Morgan fingerprint density at radius 2 is 1.56 bits per heavy atom. The van der Waals surface area contributed by atoms with Crippen LogP contribution in [0, 0.1) is 28.1 Å². The molecule has 4 aliphatic rings. The van der Waals surface area contributed by atoms with Gasteiger partial charge in [0.1, 0.15) is 12.7 Å². The summed E-state index contributed by atoms with van der Waals surface area (Å²) in [6, 6.07) is 18.0. The van der Waals surface area contributed by atoms with Gasteiger partial charge in [-0.2, -0.15) is 0 Å². The normalized spacial score (nSPS) is 37.9. The molecule has 2 saturated carbocycles. The number of hydrogen-bond acceptors (Lipinski definition) is 7. The highest BCUT2D eigenvalue weighted by Crippen LogP contribution is 2.69. The average molecular weight is 561 g/mol. The van der Waals surface area contributed by atoms with E-state index in [2.05, 4.69) is 20.8 Å². The highest BCUT2D eigenvalue weighted by Gasteiger charge is 2.70. The van der Waals surface area contributed by atoms with E-state index in [-0.39, 0.29) is 41.3 Å². The first-order valence-electron chi connectivity index (χ1n) is 14.9. The van der Waals surface area contributed by atoms with Gasteiger partial charge in [-0.05, 0) is 68.2 Å². The molecule has 2 aliphatic carbocycles. The second-order valence-electron chi connectivity index (χ2n) is 13.4. The number of hydrogen-bond donors (Lipinski definition) is 0. The number of carbonyl (C=O) groups is 3. The third-order valence-electron chi connectivity index (χ3n) is 11.0. The zero-order valence-corrected chi connectivity index (χ0v) is 24.2. The summed E-state index contributed by atoms with van der Waals surface area (Å²) in [6.07, 6.45) is 4.01. The zero-order chi connectivity index (χ0) is 28.9. The predicted molar refractivity (Wildman–Crippen MR) is 151 cm³/mol. The van der Waals surface area contributed by atoms with Gasteiger partial charge in [0.2, 0.25) is 0 Å². The summed E-state index contributed by atoms with van der Waals surface area (Å²) < 4.78 is 24.6. The maximum Gasteiger partial charge on any atom is 0.338 e. The fourth-order valence-electron chi connectivity index (χ4n) is 8.76. The molecular formula is C34H40O7. The lowest BCUT2D eigenvalue weighted by atomic mass is 9.43. The van der Waals surface area contributed by atoms with E-state index in [1.54, 1.807) is 24.3 Å². The third kappa shape index (κ3) is 4.57. The largest absolute Gasteiger partial charge is 0.465 e. The number of carbonyl (C=O) groups excluding carboxylic acids is 3.